The number of nitrogens with zero attached hydrogens (tertiary/aromatic N) is 6. The predicted octanol–water partition coefficient (Wildman–Crippen LogP) is 2.02. The summed E-state index contributed by atoms with van der Waals surface area (Å²) in [4.78, 5) is 47.5. The summed E-state index contributed by atoms with van der Waals surface area (Å²) in [6.45, 7) is 5.07. The van der Waals surface area contributed by atoms with Crippen LogP contribution in [0.4, 0.5) is 5.95 Å². The molecule has 5 rings (SSSR count). The summed E-state index contributed by atoms with van der Waals surface area (Å²) in [5, 5.41) is 0. The van der Waals surface area contributed by atoms with Gasteiger partial charge in [-0.3, -0.25) is 23.3 Å². The van der Waals surface area contributed by atoms with E-state index in [4.69, 9.17) is 4.98 Å². The van der Waals surface area contributed by atoms with Crippen LogP contribution in [0.25, 0.3) is 11.2 Å². The molecule has 186 valence electrons. The van der Waals surface area contributed by atoms with Crippen LogP contribution in [0.15, 0.2) is 33.9 Å². The van der Waals surface area contributed by atoms with Crippen LogP contribution in [-0.4, -0.2) is 55.7 Å². The summed E-state index contributed by atoms with van der Waals surface area (Å²) < 4.78 is 4.51. The number of hydrogen-bond acceptors (Lipinski definition) is 5. The number of fused-ring (bicyclic) bond motifs is 1. The summed E-state index contributed by atoms with van der Waals surface area (Å²) in [5.74, 6) is 1.46. The monoisotopic (exact) mass is 478 g/mol. The van der Waals surface area contributed by atoms with Crippen LogP contribution in [0, 0.1) is 12.8 Å². The third kappa shape index (κ3) is 4.39. The fourth-order valence-corrected chi connectivity index (χ4v) is 5.57. The van der Waals surface area contributed by atoms with Crippen molar-refractivity contribution in [3.8, 4) is 0 Å². The molecule has 2 fully saturated rings. The summed E-state index contributed by atoms with van der Waals surface area (Å²) in [6, 6.07) is 8.18. The number of carbonyl (C=O) groups is 1. The van der Waals surface area contributed by atoms with E-state index in [2.05, 4.69) is 11.0 Å². The molecule has 1 aliphatic heterocycles. The van der Waals surface area contributed by atoms with Crippen LogP contribution in [-0.2, 0) is 25.4 Å². The molecular weight excluding hydrogens is 444 g/mol. The molecule has 0 radical (unpaired) electrons. The van der Waals surface area contributed by atoms with Gasteiger partial charge in [-0.05, 0) is 31.2 Å². The van der Waals surface area contributed by atoms with Gasteiger partial charge in [0.15, 0.2) is 11.2 Å². The maximum atomic E-state index is 13.2. The van der Waals surface area contributed by atoms with Gasteiger partial charge in [0.2, 0.25) is 11.9 Å². The van der Waals surface area contributed by atoms with E-state index < -0.39 is 5.69 Å². The molecule has 1 amide bonds. The number of amides is 1. The number of anilines is 1. The van der Waals surface area contributed by atoms with Crippen molar-refractivity contribution in [1.29, 1.82) is 0 Å². The topological polar surface area (TPSA) is 85.4 Å². The zero-order valence-corrected chi connectivity index (χ0v) is 20.9. The smallest absolute Gasteiger partial charge is 0.332 e. The lowest BCUT2D eigenvalue weighted by molar-refractivity contribution is -0.132. The van der Waals surface area contributed by atoms with Gasteiger partial charge in [0.1, 0.15) is 0 Å². The quantitative estimate of drug-likeness (QED) is 0.560. The largest absolute Gasteiger partial charge is 0.339 e. The SMILES string of the molecule is Cc1cccc(Cn2c(N3CCN(C(=O)CC4CCCC4)CC3)nc3c2c(=O)n(C)c(=O)n3C)c1. The Bertz CT molecular complexity index is 1370. The molecule has 0 N–H and O–H groups in total. The first-order valence-electron chi connectivity index (χ1n) is 12.6. The van der Waals surface area contributed by atoms with Crippen molar-refractivity contribution in [1.82, 2.24) is 23.6 Å². The van der Waals surface area contributed by atoms with Crippen LogP contribution in [0.3, 0.4) is 0 Å². The Morgan fingerprint density at radius 2 is 1.74 bits per heavy atom. The first kappa shape index (κ1) is 23.4. The van der Waals surface area contributed by atoms with E-state index in [1.54, 1.807) is 7.05 Å². The van der Waals surface area contributed by atoms with E-state index in [0.29, 0.717) is 62.2 Å². The van der Waals surface area contributed by atoms with E-state index >= 15 is 0 Å². The number of hydrogen-bond donors (Lipinski definition) is 0. The van der Waals surface area contributed by atoms with Crippen molar-refractivity contribution in [2.24, 2.45) is 20.0 Å². The van der Waals surface area contributed by atoms with Crippen LogP contribution < -0.4 is 16.1 Å². The Kier molecular flexibility index (Phi) is 6.25. The molecule has 1 saturated heterocycles. The Labute approximate surface area is 204 Å². The third-order valence-electron chi connectivity index (χ3n) is 7.60. The standard InChI is InChI=1S/C26H34N6O3/c1-18-7-6-10-20(15-18)17-32-22-23(28(2)26(35)29(3)24(22)34)27-25(32)31-13-11-30(12-14-31)21(33)16-19-8-4-5-9-19/h6-7,10,15,19H,4-5,8-9,11-14,16-17H2,1-3H3. The lowest BCUT2D eigenvalue weighted by Crippen LogP contribution is -2.49. The maximum Gasteiger partial charge on any atom is 0.332 e. The van der Waals surface area contributed by atoms with E-state index in [1.165, 1.54) is 37.3 Å². The van der Waals surface area contributed by atoms with Gasteiger partial charge in [0.25, 0.3) is 5.56 Å². The zero-order valence-electron chi connectivity index (χ0n) is 20.9. The highest BCUT2D eigenvalue weighted by atomic mass is 16.2. The lowest BCUT2D eigenvalue weighted by atomic mass is 10.0. The average molecular weight is 479 g/mol. The molecule has 9 heteroatoms. The van der Waals surface area contributed by atoms with Gasteiger partial charge in [-0.25, -0.2) is 4.79 Å². The molecule has 1 aromatic carbocycles. The van der Waals surface area contributed by atoms with Crippen molar-refractivity contribution in [2.45, 2.75) is 45.6 Å². The van der Waals surface area contributed by atoms with Gasteiger partial charge in [-0.15, -0.1) is 0 Å². The number of rotatable bonds is 5. The van der Waals surface area contributed by atoms with E-state index in [1.807, 2.05) is 34.6 Å². The number of aryl methyl sites for hydroxylation is 2. The highest BCUT2D eigenvalue weighted by molar-refractivity contribution is 5.77. The molecule has 0 bridgehead atoms. The number of benzene rings is 1. The second-order valence-electron chi connectivity index (χ2n) is 10.1. The van der Waals surface area contributed by atoms with E-state index in [-0.39, 0.29) is 11.5 Å². The van der Waals surface area contributed by atoms with Gasteiger partial charge < -0.3 is 9.80 Å². The molecule has 3 heterocycles. The first-order valence-corrected chi connectivity index (χ1v) is 12.6. The molecule has 2 aromatic heterocycles. The minimum absolute atomic E-state index is 0.251. The second kappa shape index (κ2) is 9.36. The minimum Gasteiger partial charge on any atom is -0.339 e. The van der Waals surface area contributed by atoms with Crippen molar-refractivity contribution < 1.29 is 4.79 Å². The summed E-state index contributed by atoms with van der Waals surface area (Å²) in [5.41, 5.74) is 2.28. The second-order valence-corrected chi connectivity index (χ2v) is 10.1. The highest BCUT2D eigenvalue weighted by Crippen LogP contribution is 2.29. The van der Waals surface area contributed by atoms with Crippen molar-refractivity contribution in [3.05, 3.63) is 56.2 Å². The fourth-order valence-electron chi connectivity index (χ4n) is 5.57. The van der Waals surface area contributed by atoms with Gasteiger partial charge in [-0.1, -0.05) is 42.7 Å². The van der Waals surface area contributed by atoms with Crippen molar-refractivity contribution in [2.75, 3.05) is 31.1 Å². The van der Waals surface area contributed by atoms with Crippen LogP contribution >= 0.6 is 0 Å². The molecule has 9 nitrogen and oxygen atoms in total. The molecule has 0 unspecified atom stereocenters. The van der Waals surface area contributed by atoms with E-state index in [0.717, 1.165) is 15.7 Å². The number of imidazole rings is 1. The summed E-state index contributed by atoms with van der Waals surface area (Å²) in [7, 11) is 3.15. The van der Waals surface area contributed by atoms with Crippen molar-refractivity contribution in [3.63, 3.8) is 0 Å². The Hall–Kier alpha value is -3.36. The van der Waals surface area contributed by atoms with Gasteiger partial charge in [0, 0.05) is 46.7 Å². The third-order valence-corrected chi connectivity index (χ3v) is 7.60. The maximum absolute atomic E-state index is 13.2. The predicted molar refractivity (Wildman–Crippen MR) is 136 cm³/mol. The molecule has 2 aliphatic rings. The van der Waals surface area contributed by atoms with Gasteiger partial charge >= 0.3 is 5.69 Å². The average Bonchev–Trinajstić information content (AvgIpc) is 3.50. The first-order chi connectivity index (χ1) is 16.8. The molecule has 35 heavy (non-hydrogen) atoms. The molecular formula is C26H34N6O3. The zero-order chi connectivity index (χ0) is 24.7. The van der Waals surface area contributed by atoms with Crippen LogP contribution in [0.2, 0.25) is 0 Å². The minimum atomic E-state index is -0.392. The summed E-state index contributed by atoms with van der Waals surface area (Å²) >= 11 is 0. The number of carbonyl (C=O) groups excluding carboxylic acids is 1. The normalized spacial score (nSPS) is 17.0. The van der Waals surface area contributed by atoms with Crippen LogP contribution in [0.5, 0.6) is 0 Å². The van der Waals surface area contributed by atoms with Gasteiger partial charge in [0.05, 0.1) is 6.54 Å². The number of piperazine rings is 1. The molecule has 3 aromatic rings. The molecule has 1 aliphatic carbocycles. The van der Waals surface area contributed by atoms with Crippen LogP contribution in [0.1, 0.15) is 43.2 Å². The van der Waals surface area contributed by atoms with E-state index in [9.17, 15) is 14.4 Å². The van der Waals surface area contributed by atoms with Gasteiger partial charge in [-0.2, -0.15) is 4.98 Å². The number of aromatic nitrogens is 4. The Balaban J connectivity index is 1.47. The van der Waals surface area contributed by atoms with Crippen molar-refractivity contribution >= 4 is 23.0 Å². The lowest BCUT2D eigenvalue weighted by Gasteiger charge is -2.36. The Morgan fingerprint density at radius 1 is 1.03 bits per heavy atom. The molecule has 1 saturated carbocycles. The highest BCUT2D eigenvalue weighted by Gasteiger charge is 2.28. The molecule has 0 atom stereocenters. The Morgan fingerprint density at radius 3 is 2.43 bits per heavy atom. The molecule has 0 spiro atoms. The fraction of sp³-hybridized carbons (Fsp3) is 0.538. The summed E-state index contributed by atoms with van der Waals surface area (Å²) in [6.07, 6.45) is 5.48.